The average molecular weight is 380 g/mol. The lowest BCUT2D eigenvalue weighted by Gasteiger charge is -2.23. The van der Waals surface area contributed by atoms with Crippen LogP contribution < -0.4 is 29.4 Å². The molecule has 7 heteroatoms. The SMILES string of the molecule is CN(Cc1cc2cc3c(cc2[nH]c1=O)OCCO3)c1ccc2c(c1)OCCO2. The Morgan fingerprint density at radius 3 is 2.25 bits per heavy atom. The molecule has 2 aliphatic heterocycles. The van der Waals surface area contributed by atoms with Crippen molar-refractivity contribution < 1.29 is 18.9 Å². The molecule has 2 aliphatic rings. The van der Waals surface area contributed by atoms with Gasteiger partial charge in [0, 0.05) is 42.4 Å². The molecule has 0 atom stereocenters. The number of hydrogen-bond donors (Lipinski definition) is 1. The quantitative estimate of drug-likeness (QED) is 0.753. The Morgan fingerprint density at radius 1 is 0.857 bits per heavy atom. The van der Waals surface area contributed by atoms with E-state index in [4.69, 9.17) is 18.9 Å². The zero-order valence-electron chi connectivity index (χ0n) is 15.5. The van der Waals surface area contributed by atoms with E-state index in [2.05, 4.69) is 4.98 Å². The number of aromatic nitrogens is 1. The van der Waals surface area contributed by atoms with Gasteiger partial charge in [-0.1, -0.05) is 0 Å². The second-order valence-electron chi connectivity index (χ2n) is 6.89. The van der Waals surface area contributed by atoms with Crippen molar-refractivity contribution in [3.8, 4) is 23.0 Å². The van der Waals surface area contributed by atoms with Crippen molar-refractivity contribution in [1.82, 2.24) is 4.98 Å². The number of nitrogens with one attached hydrogen (secondary N) is 1. The van der Waals surface area contributed by atoms with Crippen LogP contribution in [0.2, 0.25) is 0 Å². The van der Waals surface area contributed by atoms with Crippen molar-refractivity contribution in [2.24, 2.45) is 0 Å². The maximum absolute atomic E-state index is 12.6. The van der Waals surface area contributed by atoms with Crippen LogP contribution in [-0.2, 0) is 6.54 Å². The molecule has 28 heavy (non-hydrogen) atoms. The van der Waals surface area contributed by atoms with Gasteiger partial charge in [0.05, 0.1) is 5.52 Å². The Morgan fingerprint density at radius 2 is 1.50 bits per heavy atom. The Balaban J connectivity index is 1.45. The van der Waals surface area contributed by atoms with E-state index in [9.17, 15) is 4.79 Å². The second-order valence-corrected chi connectivity index (χ2v) is 6.89. The molecule has 1 aromatic heterocycles. The standard InChI is InChI=1S/C21H20N2O5/c1-23(15-2-3-17-19(10-15)27-5-4-25-17)12-14-8-13-9-18-20(28-7-6-26-18)11-16(13)22-21(14)24/h2-3,8-11H,4-7,12H2,1H3,(H,22,24). The molecular formula is C21H20N2O5. The van der Waals surface area contributed by atoms with E-state index >= 15 is 0 Å². The van der Waals surface area contributed by atoms with E-state index in [1.807, 2.05) is 48.3 Å². The van der Waals surface area contributed by atoms with Crippen molar-refractivity contribution in [1.29, 1.82) is 0 Å². The highest BCUT2D eigenvalue weighted by molar-refractivity contribution is 5.83. The van der Waals surface area contributed by atoms with Crippen LogP contribution in [0.3, 0.4) is 0 Å². The van der Waals surface area contributed by atoms with Crippen molar-refractivity contribution in [3.05, 3.63) is 52.3 Å². The lowest BCUT2D eigenvalue weighted by atomic mass is 10.1. The predicted molar refractivity (Wildman–Crippen MR) is 105 cm³/mol. The highest BCUT2D eigenvalue weighted by Gasteiger charge is 2.16. The van der Waals surface area contributed by atoms with Gasteiger partial charge in [0.15, 0.2) is 23.0 Å². The van der Waals surface area contributed by atoms with Crippen LogP contribution >= 0.6 is 0 Å². The molecule has 0 fully saturated rings. The summed E-state index contributed by atoms with van der Waals surface area (Å²) in [6.45, 7) is 2.61. The van der Waals surface area contributed by atoms with E-state index in [0.717, 1.165) is 28.1 Å². The minimum absolute atomic E-state index is 0.117. The molecule has 0 saturated heterocycles. The minimum Gasteiger partial charge on any atom is -0.486 e. The van der Waals surface area contributed by atoms with Crippen molar-refractivity contribution in [3.63, 3.8) is 0 Å². The first-order valence-electron chi connectivity index (χ1n) is 9.24. The Bertz CT molecular complexity index is 1110. The van der Waals surface area contributed by atoms with E-state index in [0.29, 0.717) is 50.0 Å². The zero-order chi connectivity index (χ0) is 19.1. The molecule has 5 rings (SSSR count). The van der Waals surface area contributed by atoms with Gasteiger partial charge in [-0.3, -0.25) is 4.79 Å². The summed E-state index contributed by atoms with van der Waals surface area (Å²) < 4.78 is 22.5. The fourth-order valence-corrected chi connectivity index (χ4v) is 3.52. The van der Waals surface area contributed by atoms with Crippen LogP contribution in [-0.4, -0.2) is 38.5 Å². The van der Waals surface area contributed by atoms with Gasteiger partial charge < -0.3 is 28.8 Å². The molecular weight excluding hydrogens is 360 g/mol. The number of anilines is 1. The third-order valence-corrected chi connectivity index (χ3v) is 4.96. The Hall–Kier alpha value is -3.35. The summed E-state index contributed by atoms with van der Waals surface area (Å²) in [4.78, 5) is 17.6. The van der Waals surface area contributed by atoms with E-state index < -0.39 is 0 Å². The number of pyridine rings is 1. The molecule has 0 bridgehead atoms. The number of benzene rings is 2. The van der Waals surface area contributed by atoms with Gasteiger partial charge in [0.1, 0.15) is 26.4 Å². The molecule has 0 radical (unpaired) electrons. The number of H-pyrrole nitrogens is 1. The smallest absolute Gasteiger partial charge is 0.253 e. The second kappa shape index (κ2) is 6.67. The largest absolute Gasteiger partial charge is 0.486 e. The highest BCUT2D eigenvalue weighted by Crippen LogP contribution is 2.35. The maximum Gasteiger partial charge on any atom is 0.253 e. The van der Waals surface area contributed by atoms with Crippen molar-refractivity contribution >= 4 is 16.6 Å². The summed E-state index contributed by atoms with van der Waals surface area (Å²) in [7, 11) is 1.94. The molecule has 3 heterocycles. The first-order chi connectivity index (χ1) is 13.7. The summed E-state index contributed by atoms with van der Waals surface area (Å²) in [5, 5.41) is 0.912. The maximum atomic E-state index is 12.6. The topological polar surface area (TPSA) is 73.0 Å². The summed E-state index contributed by atoms with van der Waals surface area (Å²) in [6, 6.07) is 11.4. The number of ether oxygens (including phenoxy) is 4. The van der Waals surface area contributed by atoms with Crippen LogP contribution in [0.4, 0.5) is 5.69 Å². The summed E-state index contributed by atoms with van der Waals surface area (Å²) in [5.74, 6) is 2.85. The van der Waals surface area contributed by atoms with Gasteiger partial charge in [0.2, 0.25) is 0 Å². The summed E-state index contributed by atoms with van der Waals surface area (Å²) >= 11 is 0. The van der Waals surface area contributed by atoms with Gasteiger partial charge in [-0.15, -0.1) is 0 Å². The van der Waals surface area contributed by atoms with Crippen LogP contribution in [0.1, 0.15) is 5.56 Å². The molecule has 0 amide bonds. The predicted octanol–water partition coefficient (Wildman–Crippen LogP) is 2.71. The van der Waals surface area contributed by atoms with Crippen molar-refractivity contribution in [2.75, 3.05) is 38.4 Å². The van der Waals surface area contributed by atoms with Crippen LogP contribution in [0.15, 0.2) is 41.2 Å². The summed E-state index contributed by atoms with van der Waals surface area (Å²) in [5.41, 5.74) is 2.24. The van der Waals surface area contributed by atoms with Gasteiger partial charge in [0.25, 0.3) is 5.56 Å². The molecule has 0 spiro atoms. The Kier molecular flexibility index (Phi) is 4.00. The minimum atomic E-state index is -0.117. The first-order valence-corrected chi connectivity index (χ1v) is 9.24. The molecule has 2 aromatic carbocycles. The van der Waals surface area contributed by atoms with Crippen LogP contribution in [0, 0.1) is 0 Å². The lowest BCUT2D eigenvalue weighted by molar-refractivity contribution is 0.171. The molecule has 0 saturated carbocycles. The Labute approximate surface area is 161 Å². The molecule has 144 valence electrons. The fourth-order valence-electron chi connectivity index (χ4n) is 3.52. The number of fused-ring (bicyclic) bond motifs is 3. The van der Waals surface area contributed by atoms with E-state index in [1.165, 1.54) is 0 Å². The molecule has 0 unspecified atom stereocenters. The molecule has 0 aliphatic carbocycles. The van der Waals surface area contributed by atoms with Crippen LogP contribution in [0.25, 0.3) is 10.9 Å². The van der Waals surface area contributed by atoms with Gasteiger partial charge in [-0.2, -0.15) is 0 Å². The number of rotatable bonds is 3. The number of hydrogen-bond acceptors (Lipinski definition) is 6. The number of aromatic amines is 1. The molecule has 7 nitrogen and oxygen atoms in total. The first kappa shape index (κ1) is 16.8. The zero-order valence-corrected chi connectivity index (χ0v) is 15.5. The highest BCUT2D eigenvalue weighted by atomic mass is 16.6. The van der Waals surface area contributed by atoms with Crippen LogP contribution in [0.5, 0.6) is 23.0 Å². The van der Waals surface area contributed by atoms with Gasteiger partial charge >= 0.3 is 0 Å². The third kappa shape index (κ3) is 2.98. The normalized spacial score (nSPS) is 14.8. The van der Waals surface area contributed by atoms with E-state index in [1.54, 1.807) is 0 Å². The fraction of sp³-hybridized carbons (Fsp3) is 0.286. The third-order valence-electron chi connectivity index (χ3n) is 4.96. The molecule has 3 aromatic rings. The lowest BCUT2D eigenvalue weighted by Crippen LogP contribution is -2.23. The summed E-state index contributed by atoms with van der Waals surface area (Å²) in [6.07, 6.45) is 0. The van der Waals surface area contributed by atoms with Crippen molar-refractivity contribution in [2.45, 2.75) is 6.54 Å². The average Bonchev–Trinajstić information content (AvgIpc) is 2.72. The van der Waals surface area contributed by atoms with Gasteiger partial charge in [-0.25, -0.2) is 0 Å². The van der Waals surface area contributed by atoms with E-state index in [-0.39, 0.29) is 5.56 Å². The number of nitrogens with zero attached hydrogens (tertiary/aromatic N) is 1. The monoisotopic (exact) mass is 380 g/mol. The van der Waals surface area contributed by atoms with Gasteiger partial charge in [-0.05, 0) is 24.3 Å². The molecule has 1 N–H and O–H groups in total.